The van der Waals surface area contributed by atoms with Crippen molar-refractivity contribution in [1.82, 2.24) is 4.90 Å². The number of hydrogen-bond donors (Lipinski definition) is 0. The van der Waals surface area contributed by atoms with Crippen LogP contribution in [-0.2, 0) is 0 Å². The van der Waals surface area contributed by atoms with Crippen molar-refractivity contribution in [2.45, 2.75) is 56.9 Å². The number of rotatable bonds is 4. The van der Waals surface area contributed by atoms with Crippen molar-refractivity contribution in [3.05, 3.63) is 59.7 Å². The van der Waals surface area contributed by atoms with Gasteiger partial charge in [0, 0.05) is 11.6 Å². The summed E-state index contributed by atoms with van der Waals surface area (Å²) in [5.41, 5.74) is 4.62. The molecule has 2 aromatic rings. The van der Waals surface area contributed by atoms with Gasteiger partial charge in [0.05, 0.1) is 0 Å². The zero-order valence-electron chi connectivity index (χ0n) is 15.6. The lowest BCUT2D eigenvalue weighted by atomic mass is 9.86. The van der Waals surface area contributed by atoms with Crippen molar-refractivity contribution in [2.24, 2.45) is 0 Å². The quantitative estimate of drug-likeness (QED) is 0.663. The molecule has 4 rings (SSSR count). The van der Waals surface area contributed by atoms with Gasteiger partial charge in [-0.2, -0.15) is 0 Å². The Labute approximate surface area is 157 Å². The third-order valence-corrected chi connectivity index (χ3v) is 6.38. The topological polar surface area (TPSA) is 20.3 Å². The van der Waals surface area contributed by atoms with Crippen LogP contribution in [0.2, 0.25) is 0 Å². The van der Waals surface area contributed by atoms with E-state index < -0.39 is 0 Å². The molecule has 1 heterocycles. The molecule has 0 bridgehead atoms. The average Bonchev–Trinajstić information content (AvgIpc) is 2.75. The average molecular weight is 348 g/mol. The molecule has 1 saturated carbocycles. The molecule has 0 amide bonds. The molecule has 1 saturated heterocycles. The Morgan fingerprint density at radius 1 is 0.731 bits per heavy atom. The maximum Gasteiger partial charge on any atom is 0.150 e. The highest BCUT2D eigenvalue weighted by atomic mass is 16.1. The number of hydrogen-bond acceptors (Lipinski definition) is 2. The molecule has 1 aliphatic carbocycles. The van der Waals surface area contributed by atoms with Crippen LogP contribution in [0.1, 0.15) is 66.8 Å². The minimum Gasteiger partial charge on any atom is -0.300 e. The van der Waals surface area contributed by atoms with Crippen LogP contribution in [0, 0.1) is 0 Å². The second kappa shape index (κ2) is 8.18. The SMILES string of the molecule is O=Cc1ccc(-c2ccc(C3CCN(C4CCCCC4)CC3)cc2)cc1. The van der Waals surface area contributed by atoms with Gasteiger partial charge < -0.3 is 4.90 Å². The third-order valence-electron chi connectivity index (χ3n) is 6.38. The molecule has 0 spiro atoms. The molecule has 1 aliphatic heterocycles. The molecule has 2 heteroatoms. The fourth-order valence-corrected chi connectivity index (χ4v) is 4.75. The maximum atomic E-state index is 10.8. The highest BCUT2D eigenvalue weighted by Gasteiger charge is 2.26. The number of nitrogens with zero attached hydrogens (tertiary/aromatic N) is 1. The molecule has 2 aromatic carbocycles. The Bertz CT molecular complexity index is 705. The predicted molar refractivity (Wildman–Crippen MR) is 108 cm³/mol. The van der Waals surface area contributed by atoms with E-state index in [0.29, 0.717) is 5.92 Å². The Morgan fingerprint density at radius 2 is 1.31 bits per heavy atom. The van der Waals surface area contributed by atoms with E-state index in [0.717, 1.165) is 17.9 Å². The number of carbonyl (C=O) groups is 1. The van der Waals surface area contributed by atoms with Crippen LogP contribution in [0.25, 0.3) is 11.1 Å². The van der Waals surface area contributed by atoms with Crippen LogP contribution >= 0.6 is 0 Å². The third kappa shape index (κ3) is 3.91. The van der Waals surface area contributed by atoms with Crippen molar-refractivity contribution in [3.63, 3.8) is 0 Å². The molecule has 26 heavy (non-hydrogen) atoms. The van der Waals surface area contributed by atoms with Gasteiger partial charge >= 0.3 is 0 Å². The number of piperidine rings is 1. The fraction of sp³-hybridized carbons (Fsp3) is 0.458. The number of carbonyl (C=O) groups excluding carboxylic acids is 1. The molecule has 0 atom stereocenters. The molecular weight excluding hydrogens is 318 g/mol. The minimum absolute atomic E-state index is 0.710. The molecule has 2 nitrogen and oxygen atoms in total. The van der Waals surface area contributed by atoms with E-state index in [1.165, 1.54) is 74.7 Å². The van der Waals surface area contributed by atoms with Gasteiger partial charge in [0.1, 0.15) is 6.29 Å². The van der Waals surface area contributed by atoms with Gasteiger partial charge in [-0.25, -0.2) is 0 Å². The Kier molecular flexibility index (Phi) is 5.50. The zero-order chi connectivity index (χ0) is 17.8. The molecule has 2 fully saturated rings. The van der Waals surface area contributed by atoms with Crippen LogP contribution in [0.4, 0.5) is 0 Å². The summed E-state index contributed by atoms with van der Waals surface area (Å²) in [6.07, 6.45) is 10.6. The van der Waals surface area contributed by atoms with Crippen LogP contribution < -0.4 is 0 Å². The molecule has 0 aromatic heterocycles. The van der Waals surface area contributed by atoms with E-state index in [2.05, 4.69) is 29.2 Å². The molecule has 0 N–H and O–H groups in total. The first-order valence-corrected chi connectivity index (χ1v) is 10.2. The summed E-state index contributed by atoms with van der Waals surface area (Å²) in [6.45, 7) is 2.54. The zero-order valence-corrected chi connectivity index (χ0v) is 15.6. The lowest BCUT2D eigenvalue weighted by Crippen LogP contribution is -2.41. The minimum atomic E-state index is 0.710. The highest BCUT2D eigenvalue weighted by molar-refractivity contribution is 5.76. The Balaban J connectivity index is 1.37. The van der Waals surface area contributed by atoms with E-state index in [-0.39, 0.29) is 0 Å². The largest absolute Gasteiger partial charge is 0.300 e. The number of aldehydes is 1. The molecular formula is C24H29NO. The monoisotopic (exact) mass is 347 g/mol. The molecule has 0 unspecified atom stereocenters. The molecule has 0 radical (unpaired) electrons. The summed E-state index contributed by atoms with van der Waals surface area (Å²) < 4.78 is 0. The van der Waals surface area contributed by atoms with Crippen molar-refractivity contribution in [1.29, 1.82) is 0 Å². The first-order valence-electron chi connectivity index (χ1n) is 10.2. The summed E-state index contributed by atoms with van der Waals surface area (Å²) in [5.74, 6) is 0.710. The summed E-state index contributed by atoms with van der Waals surface area (Å²) in [6, 6.07) is 17.8. The second-order valence-electron chi connectivity index (χ2n) is 7.96. The van der Waals surface area contributed by atoms with Gasteiger partial charge in [0.25, 0.3) is 0 Å². The highest BCUT2D eigenvalue weighted by Crippen LogP contribution is 2.33. The number of benzene rings is 2. The summed E-state index contributed by atoms with van der Waals surface area (Å²) >= 11 is 0. The smallest absolute Gasteiger partial charge is 0.150 e. The van der Waals surface area contributed by atoms with E-state index >= 15 is 0 Å². The summed E-state index contributed by atoms with van der Waals surface area (Å²) in [4.78, 5) is 13.6. The van der Waals surface area contributed by atoms with Gasteiger partial charge in [-0.1, -0.05) is 67.8 Å². The van der Waals surface area contributed by atoms with E-state index in [4.69, 9.17) is 0 Å². The van der Waals surface area contributed by atoms with Gasteiger partial charge in [-0.3, -0.25) is 4.79 Å². The van der Waals surface area contributed by atoms with Crippen molar-refractivity contribution < 1.29 is 4.79 Å². The van der Waals surface area contributed by atoms with E-state index in [1.54, 1.807) is 0 Å². The Hall–Kier alpha value is -1.93. The van der Waals surface area contributed by atoms with Gasteiger partial charge in [-0.05, 0) is 61.4 Å². The number of likely N-dealkylation sites (tertiary alicyclic amines) is 1. The molecule has 2 aliphatic rings. The Morgan fingerprint density at radius 3 is 1.88 bits per heavy atom. The van der Waals surface area contributed by atoms with Crippen molar-refractivity contribution >= 4 is 6.29 Å². The van der Waals surface area contributed by atoms with Crippen LogP contribution in [0.3, 0.4) is 0 Å². The normalized spacial score (nSPS) is 20.2. The summed E-state index contributed by atoms with van der Waals surface area (Å²) in [7, 11) is 0. The summed E-state index contributed by atoms with van der Waals surface area (Å²) in [5, 5.41) is 0. The lowest BCUT2D eigenvalue weighted by molar-refractivity contribution is 0.112. The van der Waals surface area contributed by atoms with Crippen LogP contribution in [-0.4, -0.2) is 30.3 Å². The van der Waals surface area contributed by atoms with Crippen molar-refractivity contribution in [3.8, 4) is 11.1 Å². The van der Waals surface area contributed by atoms with Crippen LogP contribution in [0.15, 0.2) is 48.5 Å². The lowest BCUT2D eigenvalue weighted by Gasteiger charge is -2.39. The van der Waals surface area contributed by atoms with Crippen LogP contribution in [0.5, 0.6) is 0 Å². The van der Waals surface area contributed by atoms with E-state index in [1.807, 2.05) is 24.3 Å². The van der Waals surface area contributed by atoms with Gasteiger partial charge in [0.15, 0.2) is 0 Å². The first kappa shape index (κ1) is 17.5. The fourth-order valence-electron chi connectivity index (χ4n) is 4.75. The van der Waals surface area contributed by atoms with Gasteiger partial charge in [-0.15, -0.1) is 0 Å². The standard InChI is InChI=1S/C24H29NO/c26-18-19-6-8-20(9-7-19)21-10-12-22(13-11-21)23-14-16-25(17-15-23)24-4-2-1-3-5-24/h6-13,18,23-24H,1-5,14-17H2. The predicted octanol–water partition coefficient (Wildman–Crippen LogP) is 5.68. The molecule has 136 valence electrons. The van der Waals surface area contributed by atoms with Gasteiger partial charge in [0.2, 0.25) is 0 Å². The second-order valence-corrected chi connectivity index (χ2v) is 7.96. The van der Waals surface area contributed by atoms with Crippen molar-refractivity contribution in [2.75, 3.05) is 13.1 Å². The maximum absolute atomic E-state index is 10.8. The van der Waals surface area contributed by atoms with E-state index in [9.17, 15) is 4.79 Å². The first-order chi connectivity index (χ1) is 12.8.